The summed E-state index contributed by atoms with van der Waals surface area (Å²) >= 11 is 1.31. The number of aromatic nitrogens is 1. The quantitative estimate of drug-likeness (QED) is 0.824. The van der Waals surface area contributed by atoms with Crippen LogP contribution < -0.4 is 0 Å². The number of hydrogen-bond donors (Lipinski definition) is 1. The van der Waals surface area contributed by atoms with Crippen LogP contribution >= 0.6 is 11.3 Å². The maximum atomic E-state index is 10.7. The van der Waals surface area contributed by atoms with Crippen molar-refractivity contribution >= 4 is 17.3 Å². The predicted molar refractivity (Wildman–Crippen MR) is 51.5 cm³/mol. The molecule has 0 aliphatic heterocycles. The third-order valence-electron chi connectivity index (χ3n) is 1.73. The first-order chi connectivity index (χ1) is 6.68. The molecule has 0 saturated heterocycles. The van der Waals surface area contributed by atoms with Crippen molar-refractivity contribution in [1.29, 1.82) is 0 Å². The van der Waals surface area contributed by atoms with Gasteiger partial charge >= 0.3 is 5.97 Å². The first kappa shape index (κ1) is 8.96. The minimum atomic E-state index is -1.00. The van der Waals surface area contributed by atoms with Crippen LogP contribution in [0.1, 0.15) is 15.4 Å². The topological polar surface area (TPSA) is 63.3 Å². The summed E-state index contributed by atoms with van der Waals surface area (Å²) in [4.78, 5) is 15.4. The smallest absolute Gasteiger partial charge is 0.355 e. The van der Waals surface area contributed by atoms with E-state index in [4.69, 9.17) is 9.52 Å². The number of thiazole rings is 1. The molecule has 0 aromatic carbocycles. The highest BCUT2D eigenvalue weighted by atomic mass is 32.1. The number of rotatable bonds is 2. The summed E-state index contributed by atoms with van der Waals surface area (Å²) in [6.45, 7) is 1.73. The van der Waals surface area contributed by atoms with Gasteiger partial charge in [0.25, 0.3) is 0 Å². The summed E-state index contributed by atoms with van der Waals surface area (Å²) in [5, 5.41) is 9.39. The van der Waals surface area contributed by atoms with Gasteiger partial charge in [-0.1, -0.05) is 0 Å². The molecule has 0 amide bonds. The van der Waals surface area contributed by atoms with Gasteiger partial charge < -0.3 is 9.52 Å². The summed E-state index contributed by atoms with van der Waals surface area (Å²) in [5.41, 5.74) is 0.0985. The number of aryl methyl sites for hydroxylation is 1. The molecule has 0 fully saturated rings. The number of carbonyl (C=O) groups is 1. The number of furan rings is 1. The van der Waals surface area contributed by atoms with Crippen LogP contribution in [0.5, 0.6) is 0 Å². The highest BCUT2D eigenvalue weighted by molar-refractivity contribution is 7.15. The molecule has 0 atom stereocenters. The third kappa shape index (κ3) is 1.42. The predicted octanol–water partition coefficient (Wildman–Crippen LogP) is 2.41. The molecule has 0 saturated carbocycles. The van der Waals surface area contributed by atoms with Crippen LogP contribution in [0.15, 0.2) is 22.8 Å². The minimum Gasteiger partial charge on any atom is -0.476 e. The molecule has 2 aromatic heterocycles. The molecular weight excluding hydrogens is 202 g/mol. The van der Waals surface area contributed by atoms with Crippen molar-refractivity contribution in [2.75, 3.05) is 0 Å². The molecular formula is C9H7NO3S. The minimum absolute atomic E-state index is 0.0985. The van der Waals surface area contributed by atoms with E-state index >= 15 is 0 Å². The number of aromatic carboxylic acids is 1. The summed E-state index contributed by atoms with van der Waals surface area (Å²) in [6, 6.07) is 3.50. The second kappa shape index (κ2) is 3.26. The van der Waals surface area contributed by atoms with Gasteiger partial charge in [0.1, 0.15) is 0 Å². The van der Waals surface area contributed by atoms with Gasteiger partial charge in [0.15, 0.2) is 16.5 Å². The number of carboxylic acid groups (broad SMARTS) is 1. The van der Waals surface area contributed by atoms with E-state index in [0.29, 0.717) is 15.6 Å². The highest BCUT2D eigenvalue weighted by Gasteiger charge is 2.15. The van der Waals surface area contributed by atoms with E-state index in [1.54, 1.807) is 19.1 Å². The second-order valence-electron chi connectivity index (χ2n) is 2.71. The molecule has 0 spiro atoms. The summed E-state index contributed by atoms with van der Waals surface area (Å²) in [6.07, 6.45) is 1.53. The second-order valence-corrected chi connectivity index (χ2v) is 3.91. The molecule has 0 unspecified atom stereocenters. The average Bonchev–Trinajstić information content (AvgIpc) is 2.70. The summed E-state index contributed by atoms with van der Waals surface area (Å²) < 4.78 is 5.12. The fraction of sp³-hybridized carbons (Fsp3) is 0.111. The van der Waals surface area contributed by atoms with E-state index in [9.17, 15) is 4.79 Å². The Bertz CT molecular complexity index is 458. The monoisotopic (exact) mass is 209 g/mol. The normalized spacial score (nSPS) is 10.4. The Labute approximate surface area is 83.8 Å². The van der Waals surface area contributed by atoms with Crippen molar-refractivity contribution in [3.05, 3.63) is 29.0 Å². The van der Waals surface area contributed by atoms with Gasteiger partial charge in [0.05, 0.1) is 6.26 Å². The summed E-state index contributed by atoms with van der Waals surface area (Å²) in [7, 11) is 0. The first-order valence-corrected chi connectivity index (χ1v) is 4.74. The van der Waals surface area contributed by atoms with E-state index in [2.05, 4.69) is 4.98 Å². The van der Waals surface area contributed by atoms with E-state index < -0.39 is 5.97 Å². The Hall–Kier alpha value is -1.62. The van der Waals surface area contributed by atoms with Crippen molar-refractivity contribution in [1.82, 2.24) is 4.98 Å². The largest absolute Gasteiger partial charge is 0.476 e. The van der Waals surface area contributed by atoms with Gasteiger partial charge in [-0.15, -0.1) is 11.3 Å². The van der Waals surface area contributed by atoms with E-state index in [0.717, 1.165) is 0 Å². The molecule has 0 radical (unpaired) electrons. The maximum Gasteiger partial charge on any atom is 0.355 e. The van der Waals surface area contributed by atoms with Crippen LogP contribution in [0, 0.1) is 6.92 Å². The van der Waals surface area contributed by atoms with Gasteiger partial charge in [-0.05, 0) is 19.1 Å². The van der Waals surface area contributed by atoms with Crippen molar-refractivity contribution < 1.29 is 14.3 Å². The van der Waals surface area contributed by atoms with Crippen LogP contribution in [0.2, 0.25) is 0 Å². The average molecular weight is 209 g/mol. The molecule has 5 heteroatoms. The fourth-order valence-electron chi connectivity index (χ4n) is 1.10. The van der Waals surface area contributed by atoms with Gasteiger partial charge in [-0.2, -0.15) is 0 Å². The van der Waals surface area contributed by atoms with Gasteiger partial charge in [0.2, 0.25) is 0 Å². The molecule has 72 valence electrons. The lowest BCUT2D eigenvalue weighted by molar-refractivity contribution is 0.0690. The van der Waals surface area contributed by atoms with E-state index in [-0.39, 0.29) is 5.69 Å². The lowest BCUT2D eigenvalue weighted by atomic mass is 10.4. The van der Waals surface area contributed by atoms with Crippen LogP contribution in [-0.2, 0) is 0 Å². The lowest BCUT2D eigenvalue weighted by Gasteiger charge is -1.86. The van der Waals surface area contributed by atoms with Crippen molar-refractivity contribution in [2.24, 2.45) is 0 Å². The molecule has 2 heterocycles. The molecule has 0 aliphatic rings. The van der Waals surface area contributed by atoms with Crippen LogP contribution in [0.3, 0.4) is 0 Å². The number of carboxylic acids is 1. The Morgan fingerprint density at radius 1 is 1.64 bits per heavy atom. The van der Waals surface area contributed by atoms with Gasteiger partial charge in [-0.3, -0.25) is 0 Å². The molecule has 1 N–H and O–H groups in total. The van der Waals surface area contributed by atoms with Crippen LogP contribution in [-0.4, -0.2) is 16.1 Å². The molecule has 2 aromatic rings. The lowest BCUT2D eigenvalue weighted by Crippen LogP contribution is -1.98. The van der Waals surface area contributed by atoms with E-state index in [1.165, 1.54) is 17.6 Å². The molecule has 14 heavy (non-hydrogen) atoms. The highest BCUT2D eigenvalue weighted by Crippen LogP contribution is 2.27. The zero-order valence-corrected chi connectivity index (χ0v) is 8.17. The fourth-order valence-corrected chi connectivity index (χ4v) is 1.97. The third-order valence-corrected chi connectivity index (χ3v) is 2.72. The van der Waals surface area contributed by atoms with Crippen molar-refractivity contribution in [3.63, 3.8) is 0 Å². The Balaban J connectivity index is 2.48. The van der Waals surface area contributed by atoms with Crippen LogP contribution in [0.4, 0.5) is 0 Å². The van der Waals surface area contributed by atoms with Crippen molar-refractivity contribution in [2.45, 2.75) is 6.92 Å². The number of nitrogens with zero attached hydrogens (tertiary/aromatic N) is 1. The van der Waals surface area contributed by atoms with Gasteiger partial charge in [-0.25, -0.2) is 9.78 Å². The van der Waals surface area contributed by atoms with Crippen molar-refractivity contribution in [3.8, 4) is 10.8 Å². The molecule has 2 rings (SSSR count). The Kier molecular flexibility index (Phi) is 2.09. The zero-order valence-electron chi connectivity index (χ0n) is 7.35. The SMILES string of the molecule is Cc1sc(-c2ccco2)nc1C(=O)O. The number of hydrogen-bond acceptors (Lipinski definition) is 4. The molecule has 0 bridgehead atoms. The van der Waals surface area contributed by atoms with E-state index in [1.807, 2.05) is 0 Å². The zero-order chi connectivity index (χ0) is 10.1. The maximum absolute atomic E-state index is 10.7. The summed E-state index contributed by atoms with van der Waals surface area (Å²) in [5.74, 6) is -0.401. The standard InChI is InChI=1S/C9H7NO3S/c1-5-7(9(11)12)10-8(14-5)6-3-2-4-13-6/h2-4H,1H3,(H,11,12). The Morgan fingerprint density at radius 2 is 2.43 bits per heavy atom. The molecule has 4 nitrogen and oxygen atoms in total. The van der Waals surface area contributed by atoms with Gasteiger partial charge in [0, 0.05) is 4.88 Å². The first-order valence-electron chi connectivity index (χ1n) is 3.93. The molecule has 0 aliphatic carbocycles. The Morgan fingerprint density at radius 3 is 2.93 bits per heavy atom. The van der Waals surface area contributed by atoms with Crippen LogP contribution in [0.25, 0.3) is 10.8 Å².